The van der Waals surface area contributed by atoms with Gasteiger partial charge in [-0.15, -0.1) is 0 Å². The lowest BCUT2D eigenvalue weighted by Gasteiger charge is -2.41. The van der Waals surface area contributed by atoms with Crippen LogP contribution in [-0.2, 0) is 6.42 Å². The Labute approximate surface area is 185 Å². The summed E-state index contributed by atoms with van der Waals surface area (Å²) in [6, 6.07) is 18.6. The van der Waals surface area contributed by atoms with E-state index in [2.05, 4.69) is 95.0 Å². The third-order valence-electron chi connectivity index (χ3n) is 6.90. The van der Waals surface area contributed by atoms with E-state index in [-0.39, 0.29) is 0 Å². The number of piperidine rings is 1. The molecule has 29 heavy (non-hydrogen) atoms. The SMILES string of the molecule is CC(C)(C)N1CCC(Cc2ccccc2[C@H]2CCCN2c2ccc(Br)cc2)CC1. The highest BCUT2D eigenvalue weighted by Crippen LogP contribution is 2.39. The number of anilines is 1. The lowest BCUT2D eigenvalue weighted by atomic mass is 9.85. The minimum Gasteiger partial charge on any atom is -0.364 e. The minimum absolute atomic E-state index is 0.303. The second kappa shape index (κ2) is 8.81. The van der Waals surface area contributed by atoms with Crippen molar-refractivity contribution < 1.29 is 0 Å². The summed E-state index contributed by atoms with van der Waals surface area (Å²) in [5.74, 6) is 0.817. The van der Waals surface area contributed by atoms with Gasteiger partial charge in [0.1, 0.15) is 0 Å². The molecule has 2 fully saturated rings. The quantitative estimate of drug-likeness (QED) is 0.498. The molecule has 2 heterocycles. The fourth-order valence-electron chi connectivity index (χ4n) is 5.20. The fraction of sp³-hybridized carbons (Fsp3) is 0.538. The second-order valence-corrected chi connectivity index (χ2v) is 10.7. The molecule has 0 N–H and O–H groups in total. The van der Waals surface area contributed by atoms with Crippen molar-refractivity contribution in [3.8, 4) is 0 Å². The van der Waals surface area contributed by atoms with Crippen LogP contribution >= 0.6 is 15.9 Å². The Balaban J connectivity index is 1.49. The zero-order valence-corrected chi connectivity index (χ0v) is 19.8. The van der Waals surface area contributed by atoms with Gasteiger partial charge in [-0.05, 0) is 107 Å². The van der Waals surface area contributed by atoms with Gasteiger partial charge in [-0.1, -0.05) is 40.2 Å². The zero-order valence-electron chi connectivity index (χ0n) is 18.2. The average molecular weight is 455 g/mol. The van der Waals surface area contributed by atoms with Crippen LogP contribution in [0.2, 0.25) is 0 Å². The van der Waals surface area contributed by atoms with Gasteiger partial charge < -0.3 is 4.90 Å². The number of likely N-dealkylation sites (tertiary alicyclic amines) is 1. The molecule has 156 valence electrons. The van der Waals surface area contributed by atoms with Crippen LogP contribution in [0.3, 0.4) is 0 Å². The third-order valence-corrected chi connectivity index (χ3v) is 7.43. The van der Waals surface area contributed by atoms with Gasteiger partial charge in [0, 0.05) is 22.2 Å². The average Bonchev–Trinajstić information content (AvgIpc) is 3.18. The van der Waals surface area contributed by atoms with Gasteiger partial charge in [0.25, 0.3) is 0 Å². The summed E-state index contributed by atoms with van der Waals surface area (Å²) in [5, 5.41) is 0. The van der Waals surface area contributed by atoms with Gasteiger partial charge in [-0.2, -0.15) is 0 Å². The number of halogens is 1. The van der Waals surface area contributed by atoms with Crippen molar-refractivity contribution in [2.45, 2.75) is 64.5 Å². The van der Waals surface area contributed by atoms with Crippen LogP contribution in [0.4, 0.5) is 5.69 Å². The van der Waals surface area contributed by atoms with E-state index in [0.29, 0.717) is 11.6 Å². The number of benzene rings is 2. The maximum absolute atomic E-state index is 3.58. The summed E-state index contributed by atoms with van der Waals surface area (Å²) in [6.07, 6.45) is 6.42. The molecule has 2 aromatic rings. The molecule has 0 saturated carbocycles. The highest BCUT2D eigenvalue weighted by atomic mass is 79.9. The Morgan fingerprint density at radius 1 is 0.897 bits per heavy atom. The first-order valence-corrected chi connectivity index (χ1v) is 12.1. The Bertz CT molecular complexity index is 800. The molecule has 1 atom stereocenters. The lowest BCUT2D eigenvalue weighted by molar-refractivity contribution is 0.0875. The molecular weight excluding hydrogens is 420 g/mol. The molecule has 2 nitrogen and oxygen atoms in total. The summed E-state index contributed by atoms with van der Waals surface area (Å²) < 4.78 is 1.15. The van der Waals surface area contributed by atoms with Crippen molar-refractivity contribution in [3.05, 3.63) is 64.1 Å². The van der Waals surface area contributed by atoms with Crippen LogP contribution in [0.1, 0.15) is 63.6 Å². The van der Waals surface area contributed by atoms with Crippen molar-refractivity contribution in [3.63, 3.8) is 0 Å². The van der Waals surface area contributed by atoms with E-state index in [1.54, 1.807) is 11.1 Å². The summed E-state index contributed by atoms with van der Waals surface area (Å²) in [5.41, 5.74) is 4.80. The van der Waals surface area contributed by atoms with Gasteiger partial charge in [0.05, 0.1) is 6.04 Å². The number of rotatable bonds is 4. The molecule has 3 heteroatoms. The Morgan fingerprint density at radius 2 is 1.59 bits per heavy atom. The predicted octanol–water partition coefficient (Wildman–Crippen LogP) is 6.84. The molecule has 2 aliphatic rings. The van der Waals surface area contributed by atoms with E-state index in [0.717, 1.165) is 16.9 Å². The summed E-state index contributed by atoms with van der Waals surface area (Å²) in [7, 11) is 0. The van der Waals surface area contributed by atoms with Crippen molar-refractivity contribution >= 4 is 21.6 Å². The van der Waals surface area contributed by atoms with Crippen LogP contribution in [0.25, 0.3) is 0 Å². The first-order chi connectivity index (χ1) is 13.9. The van der Waals surface area contributed by atoms with Crippen LogP contribution in [0, 0.1) is 5.92 Å². The van der Waals surface area contributed by atoms with E-state index in [1.165, 1.54) is 50.9 Å². The zero-order chi connectivity index (χ0) is 20.4. The van der Waals surface area contributed by atoms with E-state index in [9.17, 15) is 0 Å². The van der Waals surface area contributed by atoms with Crippen LogP contribution in [-0.4, -0.2) is 30.1 Å². The molecule has 2 aliphatic heterocycles. The van der Waals surface area contributed by atoms with Crippen molar-refractivity contribution in [1.82, 2.24) is 4.90 Å². The van der Waals surface area contributed by atoms with Crippen LogP contribution in [0.15, 0.2) is 53.0 Å². The molecule has 0 unspecified atom stereocenters. The summed E-state index contributed by atoms with van der Waals surface area (Å²) >= 11 is 3.58. The molecule has 2 saturated heterocycles. The van der Waals surface area contributed by atoms with E-state index in [1.807, 2.05) is 0 Å². The highest BCUT2D eigenvalue weighted by Gasteiger charge is 2.30. The molecule has 2 aromatic carbocycles. The number of hydrogen-bond donors (Lipinski definition) is 0. The van der Waals surface area contributed by atoms with Crippen molar-refractivity contribution in [2.75, 3.05) is 24.5 Å². The predicted molar refractivity (Wildman–Crippen MR) is 128 cm³/mol. The first kappa shape index (κ1) is 20.9. The highest BCUT2D eigenvalue weighted by molar-refractivity contribution is 9.10. The van der Waals surface area contributed by atoms with E-state index >= 15 is 0 Å². The number of hydrogen-bond acceptors (Lipinski definition) is 2. The monoisotopic (exact) mass is 454 g/mol. The minimum atomic E-state index is 0.303. The standard InChI is InChI=1S/C26H35BrN2/c1-26(2,3)28-17-14-20(15-18-28)19-21-7-4-5-8-24(21)25-9-6-16-29(25)23-12-10-22(27)11-13-23/h4-5,7-8,10-13,20,25H,6,9,14-19H2,1-3H3/t25-/m1/s1. The largest absolute Gasteiger partial charge is 0.364 e. The maximum Gasteiger partial charge on any atom is 0.0545 e. The Hall–Kier alpha value is -1.32. The van der Waals surface area contributed by atoms with Crippen LogP contribution in [0.5, 0.6) is 0 Å². The second-order valence-electron chi connectivity index (χ2n) is 9.83. The maximum atomic E-state index is 3.58. The summed E-state index contributed by atoms with van der Waals surface area (Å²) in [6.45, 7) is 10.7. The van der Waals surface area contributed by atoms with Gasteiger partial charge in [-0.25, -0.2) is 0 Å². The van der Waals surface area contributed by atoms with Gasteiger partial charge in [-0.3, -0.25) is 4.90 Å². The number of nitrogens with zero attached hydrogens (tertiary/aromatic N) is 2. The van der Waals surface area contributed by atoms with Crippen LogP contribution < -0.4 is 4.90 Å². The molecule has 0 aromatic heterocycles. The lowest BCUT2D eigenvalue weighted by Crippen LogP contribution is -2.46. The molecular formula is C26H35BrN2. The fourth-order valence-corrected chi connectivity index (χ4v) is 5.46. The Kier molecular flexibility index (Phi) is 6.36. The first-order valence-electron chi connectivity index (χ1n) is 11.3. The molecule has 0 bridgehead atoms. The smallest absolute Gasteiger partial charge is 0.0545 e. The molecule has 0 spiro atoms. The molecule has 0 amide bonds. The molecule has 0 radical (unpaired) electrons. The van der Waals surface area contributed by atoms with Gasteiger partial charge in [0.2, 0.25) is 0 Å². The molecule has 0 aliphatic carbocycles. The van der Waals surface area contributed by atoms with Gasteiger partial charge >= 0.3 is 0 Å². The van der Waals surface area contributed by atoms with E-state index < -0.39 is 0 Å². The molecule has 4 rings (SSSR count). The topological polar surface area (TPSA) is 6.48 Å². The Morgan fingerprint density at radius 3 is 2.28 bits per heavy atom. The van der Waals surface area contributed by atoms with Crippen molar-refractivity contribution in [2.24, 2.45) is 5.92 Å². The van der Waals surface area contributed by atoms with Crippen molar-refractivity contribution in [1.29, 1.82) is 0 Å². The normalized spacial score (nSPS) is 21.7. The van der Waals surface area contributed by atoms with E-state index in [4.69, 9.17) is 0 Å². The third kappa shape index (κ3) is 4.88. The van der Waals surface area contributed by atoms with Gasteiger partial charge in [0.15, 0.2) is 0 Å². The summed E-state index contributed by atoms with van der Waals surface area (Å²) in [4.78, 5) is 5.27.